The summed E-state index contributed by atoms with van der Waals surface area (Å²) in [5.74, 6) is 6.21. The highest BCUT2D eigenvalue weighted by Crippen LogP contribution is 2.14. The molecule has 0 heterocycles. The molecule has 0 aliphatic rings. The van der Waals surface area contributed by atoms with Crippen molar-refractivity contribution in [3.63, 3.8) is 0 Å². The monoisotopic (exact) mass is 208 g/mol. The van der Waals surface area contributed by atoms with Crippen LogP contribution in [0.4, 0.5) is 0 Å². The topological polar surface area (TPSA) is 20.2 Å². The van der Waals surface area contributed by atoms with E-state index in [0.29, 0.717) is 5.56 Å². The Bertz CT molecular complexity index is 559. The Morgan fingerprint density at radius 3 is 2.50 bits per heavy atom. The Kier molecular flexibility index (Phi) is 2.93. The average molecular weight is 208 g/mol. The maximum atomic E-state index is 9.54. The van der Waals surface area contributed by atoms with Crippen LogP contribution in [-0.4, -0.2) is 5.11 Å². The van der Waals surface area contributed by atoms with Crippen molar-refractivity contribution >= 4 is 0 Å². The second kappa shape index (κ2) is 4.55. The van der Waals surface area contributed by atoms with E-state index >= 15 is 0 Å². The molecule has 1 N–H and O–H groups in total. The molecular formula is C15H12O. The van der Waals surface area contributed by atoms with Crippen LogP contribution in [0.5, 0.6) is 5.75 Å². The fraction of sp³-hybridized carbons (Fsp3) is 0.0667. The first kappa shape index (κ1) is 10.3. The molecule has 0 aromatic heterocycles. The second-order valence-electron chi connectivity index (χ2n) is 3.64. The Labute approximate surface area is 95.4 Å². The zero-order valence-corrected chi connectivity index (χ0v) is 9.07. The van der Waals surface area contributed by atoms with Gasteiger partial charge in [0, 0.05) is 5.56 Å². The van der Waals surface area contributed by atoms with Crippen molar-refractivity contribution in [2.75, 3.05) is 0 Å². The van der Waals surface area contributed by atoms with Crippen LogP contribution in [0.2, 0.25) is 0 Å². The van der Waals surface area contributed by atoms with Crippen molar-refractivity contribution in [1.82, 2.24) is 0 Å². The predicted octanol–water partition coefficient (Wildman–Crippen LogP) is 3.10. The van der Waals surface area contributed by atoms with E-state index in [1.807, 2.05) is 37.3 Å². The summed E-state index contributed by atoms with van der Waals surface area (Å²) in [7, 11) is 0. The summed E-state index contributed by atoms with van der Waals surface area (Å²) < 4.78 is 0. The summed E-state index contributed by atoms with van der Waals surface area (Å²) in [6, 6.07) is 15.1. The summed E-state index contributed by atoms with van der Waals surface area (Å²) in [5, 5.41) is 9.54. The number of rotatable bonds is 0. The van der Waals surface area contributed by atoms with E-state index in [0.717, 1.165) is 5.56 Å². The van der Waals surface area contributed by atoms with Gasteiger partial charge in [-0.1, -0.05) is 36.1 Å². The van der Waals surface area contributed by atoms with Gasteiger partial charge in [-0.15, -0.1) is 0 Å². The third kappa shape index (κ3) is 2.43. The molecule has 0 amide bonds. The fourth-order valence-corrected chi connectivity index (χ4v) is 1.44. The lowest BCUT2D eigenvalue weighted by Crippen LogP contribution is -1.78. The number of para-hydroxylation sites is 1. The minimum absolute atomic E-state index is 0.225. The molecule has 0 bridgehead atoms. The third-order valence-corrected chi connectivity index (χ3v) is 2.26. The molecule has 2 rings (SSSR count). The lowest BCUT2D eigenvalue weighted by molar-refractivity contribution is 0.473. The minimum Gasteiger partial charge on any atom is -0.507 e. The quantitative estimate of drug-likeness (QED) is 0.659. The van der Waals surface area contributed by atoms with Gasteiger partial charge < -0.3 is 5.11 Å². The van der Waals surface area contributed by atoms with Crippen LogP contribution in [0.25, 0.3) is 0 Å². The minimum atomic E-state index is 0.225. The SMILES string of the molecule is Cc1cccc(C#Cc2ccccc2O)c1. The first-order valence-corrected chi connectivity index (χ1v) is 5.12. The van der Waals surface area contributed by atoms with Gasteiger partial charge in [0.05, 0.1) is 5.56 Å². The lowest BCUT2D eigenvalue weighted by Gasteiger charge is -1.95. The van der Waals surface area contributed by atoms with Crippen LogP contribution in [-0.2, 0) is 0 Å². The van der Waals surface area contributed by atoms with Gasteiger partial charge in [0.2, 0.25) is 0 Å². The maximum Gasteiger partial charge on any atom is 0.131 e. The average Bonchev–Trinajstić information content (AvgIpc) is 2.28. The summed E-state index contributed by atoms with van der Waals surface area (Å²) in [6.45, 7) is 2.03. The molecule has 2 aromatic rings. The van der Waals surface area contributed by atoms with Crippen molar-refractivity contribution < 1.29 is 5.11 Å². The number of aromatic hydroxyl groups is 1. The molecule has 0 atom stereocenters. The number of hydrogen-bond acceptors (Lipinski definition) is 1. The van der Waals surface area contributed by atoms with Gasteiger partial charge in [0.25, 0.3) is 0 Å². The number of phenolic OH excluding ortho intramolecular Hbond substituents is 1. The molecule has 0 spiro atoms. The lowest BCUT2D eigenvalue weighted by atomic mass is 10.1. The zero-order valence-electron chi connectivity index (χ0n) is 9.07. The molecule has 0 unspecified atom stereocenters. The number of benzene rings is 2. The largest absolute Gasteiger partial charge is 0.507 e. The highest BCUT2D eigenvalue weighted by Gasteiger charge is 1.93. The summed E-state index contributed by atoms with van der Waals surface area (Å²) in [4.78, 5) is 0. The van der Waals surface area contributed by atoms with Crippen molar-refractivity contribution in [3.05, 3.63) is 65.2 Å². The van der Waals surface area contributed by atoms with E-state index in [2.05, 4.69) is 11.8 Å². The van der Waals surface area contributed by atoms with Crippen molar-refractivity contribution in [1.29, 1.82) is 0 Å². The van der Waals surface area contributed by atoms with Gasteiger partial charge >= 0.3 is 0 Å². The summed E-state index contributed by atoms with van der Waals surface area (Å²) in [5.41, 5.74) is 2.80. The van der Waals surface area contributed by atoms with Crippen LogP contribution in [0.15, 0.2) is 48.5 Å². The van der Waals surface area contributed by atoms with Gasteiger partial charge in [-0.2, -0.15) is 0 Å². The van der Waals surface area contributed by atoms with Crippen molar-refractivity contribution in [2.24, 2.45) is 0 Å². The summed E-state index contributed by atoms with van der Waals surface area (Å²) in [6.07, 6.45) is 0. The first-order chi connectivity index (χ1) is 7.75. The zero-order chi connectivity index (χ0) is 11.4. The molecule has 78 valence electrons. The molecular weight excluding hydrogens is 196 g/mol. The molecule has 0 aliphatic carbocycles. The van der Waals surface area contributed by atoms with E-state index in [4.69, 9.17) is 0 Å². The van der Waals surface area contributed by atoms with E-state index in [9.17, 15) is 5.11 Å². The molecule has 16 heavy (non-hydrogen) atoms. The standard InChI is InChI=1S/C15H12O/c1-12-5-4-6-13(11-12)9-10-14-7-2-3-8-15(14)16/h2-8,11,16H,1H3. The van der Waals surface area contributed by atoms with Crippen molar-refractivity contribution in [3.8, 4) is 17.6 Å². The van der Waals surface area contributed by atoms with E-state index < -0.39 is 0 Å². The molecule has 0 aliphatic heterocycles. The van der Waals surface area contributed by atoms with Crippen molar-refractivity contribution in [2.45, 2.75) is 6.92 Å². The summed E-state index contributed by atoms with van der Waals surface area (Å²) >= 11 is 0. The fourth-order valence-electron chi connectivity index (χ4n) is 1.44. The van der Waals surface area contributed by atoms with Crippen LogP contribution >= 0.6 is 0 Å². The molecule has 0 saturated heterocycles. The first-order valence-electron chi connectivity index (χ1n) is 5.12. The molecule has 0 saturated carbocycles. The van der Waals surface area contributed by atoms with E-state index in [1.165, 1.54) is 5.56 Å². The Morgan fingerprint density at radius 2 is 1.75 bits per heavy atom. The number of hydrogen-bond donors (Lipinski definition) is 1. The second-order valence-corrected chi connectivity index (χ2v) is 3.64. The maximum absolute atomic E-state index is 9.54. The normalized spacial score (nSPS) is 9.31. The predicted molar refractivity (Wildman–Crippen MR) is 65.3 cm³/mol. The van der Waals surface area contributed by atoms with Crippen LogP contribution in [0.3, 0.4) is 0 Å². The number of aryl methyl sites for hydroxylation is 1. The molecule has 0 radical (unpaired) electrons. The highest BCUT2D eigenvalue weighted by atomic mass is 16.3. The molecule has 0 fully saturated rings. The third-order valence-electron chi connectivity index (χ3n) is 2.26. The smallest absolute Gasteiger partial charge is 0.131 e. The molecule has 1 heteroatoms. The van der Waals surface area contributed by atoms with Crippen LogP contribution in [0, 0.1) is 18.8 Å². The Balaban J connectivity index is 2.32. The Morgan fingerprint density at radius 1 is 0.938 bits per heavy atom. The van der Waals surface area contributed by atoms with E-state index in [-0.39, 0.29) is 5.75 Å². The van der Waals surface area contributed by atoms with Gasteiger partial charge in [-0.05, 0) is 36.8 Å². The number of phenols is 1. The highest BCUT2D eigenvalue weighted by molar-refractivity contribution is 5.49. The Hall–Kier alpha value is -2.20. The van der Waals surface area contributed by atoms with Crippen LogP contribution < -0.4 is 0 Å². The van der Waals surface area contributed by atoms with Gasteiger partial charge in [0.1, 0.15) is 5.75 Å². The van der Waals surface area contributed by atoms with E-state index in [1.54, 1.807) is 18.2 Å². The van der Waals surface area contributed by atoms with Gasteiger partial charge in [-0.25, -0.2) is 0 Å². The van der Waals surface area contributed by atoms with Crippen LogP contribution in [0.1, 0.15) is 16.7 Å². The van der Waals surface area contributed by atoms with Gasteiger partial charge in [-0.3, -0.25) is 0 Å². The van der Waals surface area contributed by atoms with Gasteiger partial charge in [0.15, 0.2) is 0 Å². The molecule has 1 nitrogen and oxygen atoms in total. The molecule has 2 aromatic carbocycles.